The molecule has 0 amide bonds. The summed E-state index contributed by atoms with van der Waals surface area (Å²) in [5.41, 5.74) is -1.82. The van der Waals surface area contributed by atoms with Crippen LogP contribution in [0, 0.1) is 22.7 Å². The zero-order chi connectivity index (χ0) is 19.7. The fourth-order valence-corrected chi connectivity index (χ4v) is 6.78. The molecule has 0 saturated heterocycles. The summed E-state index contributed by atoms with van der Waals surface area (Å²) >= 11 is 0. The largest absolute Gasteiger partial charge is 0.481 e. The number of allylic oxidation sites excluding steroid dienone is 2. The summed E-state index contributed by atoms with van der Waals surface area (Å²) in [6.07, 6.45) is 9.72. The predicted octanol–water partition coefficient (Wildman–Crippen LogP) is 3.01. The van der Waals surface area contributed by atoms with E-state index in [0.29, 0.717) is 32.1 Å². The number of fused-ring (bicyclic) bond motifs is 5. The molecule has 6 atom stereocenters. The van der Waals surface area contributed by atoms with Gasteiger partial charge in [0.05, 0.1) is 11.2 Å². The minimum atomic E-state index is -0.995. The van der Waals surface area contributed by atoms with Gasteiger partial charge in [0.25, 0.3) is 0 Å². The second-order valence-electron chi connectivity index (χ2n) is 9.70. The Morgan fingerprint density at radius 2 is 1.93 bits per heavy atom. The molecular weight excluding hydrogens is 344 g/mol. The summed E-state index contributed by atoms with van der Waals surface area (Å²) in [6.45, 7) is 4.16. The standard InChI is InChI=1S/C22H30O5/c1-19-8-5-15(23)13-14(19)3-4-17-16-6-9-21(26,10-7-18(24)25)20(16,2)11-12-22(17,19)27/h3-4,13,16-17,26-27H,5-12H2,1-2H3,(H,24,25)/t16-,17-,19-,20-,21+,22+/m0/s1. The van der Waals surface area contributed by atoms with Gasteiger partial charge in [-0.3, -0.25) is 9.59 Å². The number of aliphatic carboxylic acids is 1. The minimum Gasteiger partial charge on any atom is -0.481 e. The van der Waals surface area contributed by atoms with Crippen LogP contribution in [0.2, 0.25) is 0 Å². The van der Waals surface area contributed by atoms with E-state index < -0.39 is 28.0 Å². The van der Waals surface area contributed by atoms with Crippen molar-refractivity contribution in [2.45, 2.75) is 76.4 Å². The zero-order valence-corrected chi connectivity index (χ0v) is 16.2. The predicted molar refractivity (Wildman–Crippen MR) is 99.9 cm³/mol. The lowest BCUT2D eigenvalue weighted by molar-refractivity contribution is -0.190. The van der Waals surface area contributed by atoms with Gasteiger partial charge < -0.3 is 15.3 Å². The van der Waals surface area contributed by atoms with Crippen molar-refractivity contribution in [3.63, 3.8) is 0 Å². The van der Waals surface area contributed by atoms with Gasteiger partial charge in [0.1, 0.15) is 0 Å². The molecule has 4 aliphatic carbocycles. The van der Waals surface area contributed by atoms with Gasteiger partial charge >= 0.3 is 5.97 Å². The Balaban J connectivity index is 1.71. The maximum absolute atomic E-state index is 11.9. The summed E-state index contributed by atoms with van der Waals surface area (Å²) in [5.74, 6) is -0.721. The van der Waals surface area contributed by atoms with Crippen molar-refractivity contribution >= 4 is 11.8 Å². The fraction of sp³-hybridized carbons (Fsp3) is 0.727. The Kier molecular flexibility index (Phi) is 4.04. The average Bonchev–Trinajstić information content (AvgIpc) is 2.87. The molecule has 0 spiro atoms. The van der Waals surface area contributed by atoms with Gasteiger partial charge in [-0.15, -0.1) is 0 Å². The number of aliphatic hydroxyl groups is 2. The van der Waals surface area contributed by atoms with E-state index in [1.54, 1.807) is 6.08 Å². The number of carboxylic acid groups (broad SMARTS) is 1. The third-order valence-electron chi connectivity index (χ3n) is 8.78. The molecule has 148 valence electrons. The van der Waals surface area contributed by atoms with E-state index in [4.69, 9.17) is 5.11 Å². The molecule has 5 heteroatoms. The molecule has 0 aromatic rings. The van der Waals surface area contributed by atoms with Crippen molar-refractivity contribution in [1.29, 1.82) is 0 Å². The van der Waals surface area contributed by atoms with Crippen LogP contribution >= 0.6 is 0 Å². The SMILES string of the molecule is C[C@]12CCC(=O)C=C1C=C[C@H]1[C@@H]3CC[C@@](O)(CCC(=O)O)[C@@]3(C)CC[C@@]12O. The Hall–Kier alpha value is -1.46. The van der Waals surface area contributed by atoms with Crippen LogP contribution in [0.5, 0.6) is 0 Å². The van der Waals surface area contributed by atoms with Crippen LogP contribution in [0.1, 0.15) is 65.2 Å². The van der Waals surface area contributed by atoms with Crippen LogP contribution in [0.4, 0.5) is 0 Å². The number of carbonyl (C=O) groups is 2. The Morgan fingerprint density at radius 1 is 1.19 bits per heavy atom. The summed E-state index contributed by atoms with van der Waals surface area (Å²) in [4.78, 5) is 23.0. The van der Waals surface area contributed by atoms with E-state index in [1.807, 2.05) is 6.08 Å². The summed E-state index contributed by atoms with van der Waals surface area (Å²) < 4.78 is 0. The second kappa shape index (κ2) is 5.77. The molecule has 27 heavy (non-hydrogen) atoms. The first-order chi connectivity index (χ1) is 12.6. The zero-order valence-electron chi connectivity index (χ0n) is 16.2. The Bertz CT molecular complexity index is 754. The van der Waals surface area contributed by atoms with Gasteiger partial charge in [0.2, 0.25) is 0 Å². The third-order valence-corrected chi connectivity index (χ3v) is 8.78. The highest BCUT2D eigenvalue weighted by Crippen LogP contribution is 2.68. The molecule has 3 N–H and O–H groups in total. The van der Waals surface area contributed by atoms with Gasteiger partial charge in [0.15, 0.2) is 5.78 Å². The highest BCUT2D eigenvalue weighted by molar-refractivity contribution is 5.92. The van der Waals surface area contributed by atoms with Gasteiger partial charge in [-0.2, -0.15) is 0 Å². The van der Waals surface area contributed by atoms with Crippen LogP contribution in [0.3, 0.4) is 0 Å². The number of ketones is 1. The average molecular weight is 374 g/mol. The number of carbonyl (C=O) groups excluding carboxylic acids is 1. The summed E-state index contributed by atoms with van der Waals surface area (Å²) in [6, 6.07) is 0. The van der Waals surface area contributed by atoms with Crippen molar-refractivity contribution in [2.24, 2.45) is 22.7 Å². The molecule has 5 nitrogen and oxygen atoms in total. The molecule has 0 aliphatic heterocycles. The van der Waals surface area contributed by atoms with Crippen molar-refractivity contribution in [3.05, 3.63) is 23.8 Å². The van der Waals surface area contributed by atoms with Crippen molar-refractivity contribution < 1.29 is 24.9 Å². The highest BCUT2D eigenvalue weighted by Gasteiger charge is 2.67. The lowest BCUT2D eigenvalue weighted by Gasteiger charge is -2.61. The smallest absolute Gasteiger partial charge is 0.303 e. The number of rotatable bonds is 3. The quantitative estimate of drug-likeness (QED) is 0.706. The second-order valence-corrected chi connectivity index (χ2v) is 9.70. The molecule has 0 aromatic carbocycles. The van der Waals surface area contributed by atoms with Crippen LogP contribution in [-0.2, 0) is 9.59 Å². The minimum absolute atomic E-state index is 0.0315. The van der Waals surface area contributed by atoms with E-state index in [1.165, 1.54) is 0 Å². The molecule has 4 aliphatic rings. The lowest BCUT2D eigenvalue weighted by Crippen LogP contribution is -2.63. The molecule has 2 fully saturated rings. The van der Waals surface area contributed by atoms with E-state index >= 15 is 0 Å². The first kappa shape index (κ1) is 18.9. The number of carboxylic acids is 1. The summed E-state index contributed by atoms with van der Waals surface area (Å²) in [5, 5.41) is 32.4. The maximum Gasteiger partial charge on any atom is 0.303 e. The fourth-order valence-electron chi connectivity index (χ4n) is 6.78. The Labute approximate surface area is 160 Å². The molecule has 0 bridgehead atoms. The van der Waals surface area contributed by atoms with Crippen LogP contribution < -0.4 is 0 Å². The van der Waals surface area contributed by atoms with Crippen molar-refractivity contribution in [1.82, 2.24) is 0 Å². The van der Waals surface area contributed by atoms with Crippen LogP contribution in [0.15, 0.2) is 23.8 Å². The monoisotopic (exact) mass is 374 g/mol. The normalized spacial score (nSPS) is 48.4. The van der Waals surface area contributed by atoms with E-state index in [2.05, 4.69) is 19.9 Å². The maximum atomic E-state index is 11.9. The van der Waals surface area contributed by atoms with Crippen LogP contribution in [0.25, 0.3) is 0 Å². The number of hydrogen-bond acceptors (Lipinski definition) is 4. The topological polar surface area (TPSA) is 94.8 Å². The summed E-state index contributed by atoms with van der Waals surface area (Å²) in [7, 11) is 0. The first-order valence-corrected chi connectivity index (χ1v) is 10.2. The lowest BCUT2D eigenvalue weighted by atomic mass is 9.45. The Morgan fingerprint density at radius 3 is 2.63 bits per heavy atom. The number of hydrogen-bond donors (Lipinski definition) is 3. The molecule has 4 rings (SSSR count). The van der Waals surface area contributed by atoms with Gasteiger partial charge in [0, 0.05) is 24.2 Å². The van der Waals surface area contributed by atoms with Crippen molar-refractivity contribution in [3.8, 4) is 0 Å². The van der Waals surface area contributed by atoms with Crippen molar-refractivity contribution in [2.75, 3.05) is 0 Å². The van der Waals surface area contributed by atoms with E-state index in [-0.39, 0.29) is 30.5 Å². The first-order valence-electron chi connectivity index (χ1n) is 10.2. The molecule has 0 aromatic heterocycles. The molecule has 2 saturated carbocycles. The molecule has 0 unspecified atom stereocenters. The highest BCUT2D eigenvalue weighted by atomic mass is 16.4. The van der Waals surface area contributed by atoms with Gasteiger partial charge in [-0.1, -0.05) is 26.0 Å². The third kappa shape index (κ3) is 2.37. The molecule has 0 heterocycles. The van der Waals surface area contributed by atoms with Gasteiger partial charge in [-0.25, -0.2) is 0 Å². The van der Waals surface area contributed by atoms with E-state index in [0.717, 1.165) is 12.0 Å². The molecule has 0 radical (unpaired) electrons. The van der Waals surface area contributed by atoms with E-state index in [9.17, 15) is 19.8 Å². The van der Waals surface area contributed by atoms with Gasteiger partial charge in [-0.05, 0) is 61.5 Å². The van der Waals surface area contributed by atoms with Crippen LogP contribution in [-0.4, -0.2) is 38.3 Å². The molecular formula is C22H30O5.